The molecule has 0 spiro atoms. The molecule has 0 radical (unpaired) electrons. The van der Waals surface area contributed by atoms with Crippen LogP contribution in [-0.2, 0) is 4.79 Å². The van der Waals surface area contributed by atoms with Gasteiger partial charge in [-0.2, -0.15) is 0 Å². The number of anilines is 1. The van der Waals surface area contributed by atoms with E-state index in [1.165, 1.54) is 6.07 Å². The van der Waals surface area contributed by atoms with E-state index in [-0.39, 0.29) is 11.4 Å². The summed E-state index contributed by atoms with van der Waals surface area (Å²) in [5, 5.41) is 2.87. The van der Waals surface area contributed by atoms with E-state index in [1.807, 2.05) is 43.3 Å². The second-order valence-corrected chi connectivity index (χ2v) is 6.45. The summed E-state index contributed by atoms with van der Waals surface area (Å²) in [6, 6.07) is 14.5. The van der Waals surface area contributed by atoms with Gasteiger partial charge < -0.3 is 5.32 Å². The molecule has 7 heteroatoms. The van der Waals surface area contributed by atoms with Crippen LogP contribution < -0.4 is 5.32 Å². The van der Waals surface area contributed by atoms with Gasteiger partial charge in [0.15, 0.2) is 5.16 Å². The third-order valence-corrected chi connectivity index (χ3v) is 4.29. The molecule has 132 valence electrons. The SMILES string of the molecule is Cc1cc(-c2ccccc2)nc(SCC(=O)Nc2ccc(F)cc2F)n1. The Morgan fingerprint density at radius 2 is 1.85 bits per heavy atom. The molecule has 0 aliphatic heterocycles. The highest BCUT2D eigenvalue weighted by atomic mass is 32.2. The number of nitrogens with one attached hydrogen (secondary N) is 1. The molecule has 2 aromatic carbocycles. The minimum absolute atomic E-state index is 0.00843. The third-order valence-electron chi connectivity index (χ3n) is 3.44. The van der Waals surface area contributed by atoms with Crippen molar-refractivity contribution in [3.8, 4) is 11.3 Å². The van der Waals surface area contributed by atoms with Crippen LogP contribution in [0.4, 0.5) is 14.5 Å². The maximum Gasteiger partial charge on any atom is 0.234 e. The molecule has 0 bridgehead atoms. The molecule has 1 heterocycles. The van der Waals surface area contributed by atoms with Gasteiger partial charge in [-0.15, -0.1) is 0 Å². The molecule has 1 N–H and O–H groups in total. The van der Waals surface area contributed by atoms with Crippen molar-refractivity contribution >= 4 is 23.4 Å². The monoisotopic (exact) mass is 371 g/mol. The van der Waals surface area contributed by atoms with Crippen molar-refractivity contribution in [2.45, 2.75) is 12.1 Å². The van der Waals surface area contributed by atoms with E-state index in [1.54, 1.807) is 0 Å². The first-order chi connectivity index (χ1) is 12.5. The maximum absolute atomic E-state index is 13.6. The second kappa shape index (κ2) is 8.05. The minimum Gasteiger partial charge on any atom is -0.323 e. The van der Waals surface area contributed by atoms with E-state index in [4.69, 9.17) is 0 Å². The summed E-state index contributed by atoms with van der Waals surface area (Å²) in [7, 11) is 0. The lowest BCUT2D eigenvalue weighted by molar-refractivity contribution is -0.113. The van der Waals surface area contributed by atoms with Gasteiger partial charge in [0.2, 0.25) is 5.91 Å². The highest BCUT2D eigenvalue weighted by Gasteiger charge is 2.11. The maximum atomic E-state index is 13.6. The number of aromatic nitrogens is 2. The number of hydrogen-bond acceptors (Lipinski definition) is 4. The van der Waals surface area contributed by atoms with Crippen LogP contribution >= 0.6 is 11.8 Å². The summed E-state index contributed by atoms with van der Waals surface area (Å²) in [5.41, 5.74) is 2.45. The van der Waals surface area contributed by atoms with Crippen LogP contribution in [0.2, 0.25) is 0 Å². The lowest BCUT2D eigenvalue weighted by atomic mass is 10.1. The highest BCUT2D eigenvalue weighted by molar-refractivity contribution is 7.99. The van der Waals surface area contributed by atoms with Gasteiger partial charge in [0.25, 0.3) is 0 Å². The number of thioether (sulfide) groups is 1. The lowest BCUT2D eigenvalue weighted by Gasteiger charge is -2.07. The number of rotatable bonds is 5. The van der Waals surface area contributed by atoms with Crippen LogP contribution in [0.5, 0.6) is 0 Å². The predicted octanol–water partition coefficient (Wildman–Crippen LogP) is 4.46. The normalized spacial score (nSPS) is 10.6. The molecule has 0 aliphatic rings. The average molecular weight is 371 g/mol. The quantitative estimate of drug-likeness (QED) is 0.531. The van der Waals surface area contributed by atoms with E-state index in [2.05, 4.69) is 15.3 Å². The van der Waals surface area contributed by atoms with Gasteiger partial charge >= 0.3 is 0 Å². The predicted molar refractivity (Wildman–Crippen MR) is 97.9 cm³/mol. The van der Waals surface area contributed by atoms with Crippen LogP contribution in [0.15, 0.2) is 59.8 Å². The summed E-state index contributed by atoms with van der Waals surface area (Å²) in [4.78, 5) is 20.8. The Morgan fingerprint density at radius 3 is 2.58 bits per heavy atom. The topological polar surface area (TPSA) is 54.9 Å². The van der Waals surface area contributed by atoms with E-state index < -0.39 is 17.5 Å². The second-order valence-electron chi connectivity index (χ2n) is 5.50. The number of carbonyl (C=O) groups excluding carboxylic acids is 1. The Bertz CT molecular complexity index is 935. The molecule has 3 rings (SSSR count). The fraction of sp³-hybridized carbons (Fsp3) is 0.105. The molecule has 0 fully saturated rings. The van der Waals surface area contributed by atoms with E-state index in [9.17, 15) is 13.6 Å². The van der Waals surface area contributed by atoms with Crippen LogP contribution in [0.25, 0.3) is 11.3 Å². The van der Waals surface area contributed by atoms with Crippen molar-refractivity contribution in [3.63, 3.8) is 0 Å². The Hall–Kier alpha value is -2.80. The van der Waals surface area contributed by atoms with Crippen molar-refractivity contribution in [3.05, 3.63) is 71.9 Å². The molecule has 0 aliphatic carbocycles. The molecule has 3 aromatic rings. The number of aryl methyl sites for hydroxylation is 1. The molecule has 0 unspecified atom stereocenters. The molecule has 0 atom stereocenters. The Morgan fingerprint density at radius 1 is 1.08 bits per heavy atom. The Kier molecular flexibility index (Phi) is 5.58. The summed E-state index contributed by atoms with van der Waals surface area (Å²) < 4.78 is 26.5. The van der Waals surface area contributed by atoms with Gasteiger partial charge in [-0.1, -0.05) is 42.1 Å². The van der Waals surface area contributed by atoms with Crippen LogP contribution in [0.3, 0.4) is 0 Å². The number of benzene rings is 2. The van der Waals surface area contributed by atoms with Crippen molar-refractivity contribution in [1.29, 1.82) is 0 Å². The summed E-state index contributed by atoms with van der Waals surface area (Å²) in [5.74, 6) is -1.93. The van der Waals surface area contributed by atoms with Crippen LogP contribution in [-0.4, -0.2) is 21.6 Å². The number of amides is 1. The third kappa shape index (κ3) is 4.64. The minimum atomic E-state index is -0.818. The zero-order valence-electron chi connectivity index (χ0n) is 13.9. The van der Waals surface area contributed by atoms with Gasteiger partial charge in [0, 0.05) is 17.3 Å². The van der Waals surface area contributed by atoms with Crippen LogP contribution in [0, 0.1) is 18.6 Å². The smallest absolute Gasteiger partial charge is 0.234 e. The van der Waals surface area contributed by atoms with E-state index >= 15 is 0 Å². The largest absolute Gasteiger partial charge is 0.323 e. The zero-order chi connectivity index (χ0) is 18.5. The molecule has 26 heavy (non-hydrogen) atoms. The fourth-order valence-corrected chi connectivity index (χ4v) is 2.97. The van der Waals surface area contributed by atoms with Gasteiger partial charge in [-0.25, -0.2) is 18.7 Å². The van der Waals surface area contributed by atoms with Crippen molar-refractivity contribution < 1.29 is 13.6 Å². The number of nitrogens with zero attached hydrogens (tertiary/aromatic N) is 2. The van der Waals surface area contributed by atoms with Crippen LogP contribution in [0.1, 0.15) is 5.69 Å². The van der Waals surface area contributed by atoms with Crippen molar-refractivity contribution in [1.82, 2.24) is 9.97 Å². The fourth-order valence-electron chi connectivity index (χ4n) is 2.27. The zero-order valence-corrected chi connectivity index (χ0v) is 14.7. The average Bonchev–Trinajstić information content (AvgIpc) is 2.63. The van der Waals surface area contributed by atoms with Gasteiger partial charge in [-0.3, -0.25) is 4.79 Å². The first-order valence-electron chi connectivity index (χ1n) is 7.80. The van der Waals surface area contributed by atoms with Crippen molar-refractivity contribution in [2.24, 2.45) is 0 Å². The van der Waals surface area contributed by atoms with E-state index in [0.717, 1.165) is 40.8 Å². The molecular formula is C19H15F2N3OS. The van der Waals surface area contributed by atoms with Crippen molar-refractivity contribution in [2.75, 3.05) is 11.1 Å². The Balaban J connectivity index is 1.67. The molecule has 0 saturated heterocycles. The van der Waals surface area contributed by atoms with Gasteiger partial charge in [0.05, 0.1) is 17.1 Å². The standard InChI is InChI=1S/C19H15F2N3OS/c1-12-9-17(13-5-3-2-4-6-13)24-19(22-12)26-11-18(25)23-16-8-7-14(20)10-15(16)21/h2-10H,11H2,1H3,(H,23,25). The number of carbonyl (C=O) groups is 1. The number of halogens is 2. The first-order valence-corrected chi connectivity index (χ1v) is 8.78. The molecular weight excluding hydrogens is 356 g/mol. The summed E-state index contributed by atoms with van der Waals surface area (Å²) in [6.07, 6.45) is 0. The summed E-state index contributed by atoms with van der Waals surface area (Å²) in [6.45, 7) is 1.85. The first kappa shape index (κ1) is 18.0. The highest BCUT2D eigenvalue weighted by Crippen LogP contribution is 2.22. The summed E-state index contributed by atoms with van der Waals surface area (Å²) >= 11 is 1.15. The molecule has 0 saturated carbocycles. The Labute approximate surface area is 153 Å². The molecule has 1 amide bonds. The molecule has 1 aromatic heterocycles. The van der Waals surface area contributed by atoms with Gasteiger partial charge in [0.1, 0.15) is 11.6 Å². The molecule has 4 nitrogen and oxygen atoms in total. The van der Waals surface area contributed by atoms with Gasteiger partial charge in [-0.05, 0) is 25.1 Å². The number of hydrogen-bond donors (Lipinski definition) is 1. The van der Waals surface area contributed by atoms with E-state index in [0.29, 0.717) is 5.16 Å². The lowest BCUT2D eigenvalue weighted by Crippen LogP contribution is -2.15.